The predicted octanol–water partition coefficient (Wildman–Crippen LogP) is 3.60. The smallest absolute Gasteiger partial charge is 0.254 e. The van der Waals surface area contributed by atoms with E-state index in [0.717, 1.165) is 37.7 Å². The van der Waals surface area contributed by atoms with E-state index in [4.69, 9.17) is 15.2 Å². The molecular weight excluding hydrogens is 404 g/mol. The summed E-state index contributed by atoms with van der Waals surface area (Å²) in [6.07, 6.45) is 0. The topological polar surface area (TPSA) is 89.7 Å². The Hall–Kier alpha value is -3.29. The normalized spacial score (nSPS) is 13.3. The Labute approximate surface area is 181 Å². The highest BCUT2D eigenvalue weighted by molar-refractivity contribution is 5.95. The highest BCUT2D eigenvalue weighted by Crippen LogP contribution is 2.29. The number of benzene rings is 2. The molecule has 7 nitrogen and oxygen atoms in total. The first-order valence-corrected chi connectivity index (χ1v) is 9.46. The Morgan fingerprint density at radius 2 is 1.47 bits per heavy atom. The van der Waals surface area contributed by atoms with Crippen molar-refractivity contribution in [1.82, 2.24) is 10.3 Å². The maximum absolute atomic E-state index is 11.8. The Balaban J connectivity index is 0.00000256. The van der Waals surface area contributed by atoms with Gasteiger partial charge in [-0.1, -0.05) is 18.2 Å². The number of hydrogen-bond acceptors (Lipinski definition) is 6. The van der Waals surface area contributed by atoms with Gasteiger partial charge in [0, 0.05) is 26.2 Å². The number of rotatable bonds is 6. The molecule has 1 amide bonds. The molecule has 0 atom stereocenters. The van der Waals surface area contributed by atoms with E-state index < -0.39 is 5.91 Å². The van der Waals surface area contributed by atoms with Crippen molar-refractivity contribution in [3.8, 4) is 23.1 Å². The molecule has 1 saturated heterocycles. The molecule has 0 radical (unpaired) electrons. The quantitative estimate of drug-likeness (QED) is 0.626. The van der Waals surface area contributed by atoms with Crippen LogP contribution >= 0.6 is 12.4 Å². The largest absolute Gasteiger partial charge is 0.457 e. The number of pyridine rings is 1. The van der Waals surface area contributed by atoms with Crippen molar-refractivity contribution in [2.24, 2.45) is 5.73 Å². The van der Waals surface area contributed by atoms with Crippen molar-refractivity contribution < 1.29 is 14.3 Å². The zero-order valence-corrected chi connectivity index (χ0v) is 17.1. The third-order valence-electron chi connectivity index (χ3n) is 4.57. The molecular formula is C22H23ClN4O3. The van der Waals surface area contributed by atoms with Gasteiger partial charge in [0.1, 0.15) is 28.6 Å². The number of aromatic nitrogens is 1. The van der Waals surface area contributed by atoms with Crippen LogP contribution in [-0.2, 0) is 0 Å². The highest BCUT2D eigenvalue weighted by Gasteiger charge is 2.17. The Morgan fingerprint density at radius 3 is 2.10 bits per heavy atom. The van der Waals surface area contributed by atoms with Gasteiger partial charge < -0.3 is 25.4 Å². The number of nitrogens with one attached hydrogen (secondary N) is 1. The molecule has 0 bridgehead atoms. The summed E-state index contributed by atoms with van der Waals surface area (Å²) < 4.78 is 11.7. The van der Waals surface area contributed by atoms with E-state index in [-0.39, 0.29) is 23.9 Å². The van der Waals surface area contributed by atoms with Gasteiger partial charge in [-0.3, -0.25) is 4.79 Å². The Bertz CT molecular complexity index is 977. The molecule has 156 valence electrons. The van der Waals surface area contributed by atoms with Crippen molar-refractivity contribution in [1.29, 1.82) is 0 Å². The summed E-state index contributed by atoms with van der Waals surface area (Å²) in [7, 11) is 0. The molecule has 0 unspecified atom stereocenters. The molecule has 4 rings (SSSR count). The van der Waals surface area contributed by atoms with Gasteiger partial charge in [0.15, 0.2) is 0 Å². The number of piperazine rings is 1. The molecule has 0 saturated carbocycles. The van der Waals surface area contributed by atoms with Crippen LogP contribution in [0.5, 0.6) is 23.1 Å². The maximum Gasteiger partial charge on any atom is 0.254 e. The third kappa shape index (κ3) is 5.20. The fraction of sp³-hybridized carbons (Fsp3) is 0.182. The lowest BCUT2D eigenvalue weighted by molar-refractivity contribution is 0.0997. The molecule has 0 spiro atoms. The van der Waals surface area contributed by atoms with Crippen molar-refractivity contribution in [3.63, 3.8) is 0 Å². The first-order valence-electron chi connectivity index (χ1n) is 9.46. The van der Waals surface area contributed by atoms with Crippen LogP contribution in [0.2, 0.25) is 0 Å². The lowest BCUT2D eigenvalue weighted by Crippen LogP contribution is -2.43. The zero-order valence-electron chi connectivity index (χ0n) is 16.3. The average molecular weight is 427 g/mol. The first kappa shape index (κ1) is 21.4. The minimum Gasteiger partial charge on any atom is -0.457 e. The molecule has 1 aliphatic heterocycles. The van der Waals surface area contributed by atoms with E-state index in [1.165, 1.54) is 0 Å². The van der Waals surface area contributed by atoms with Crippen LogP contribution in [0.4, 0.5) is 5.82 Å². The second kappa shape index (κ2) is 9.96. The average Bonchev–Trinajstić information content (AvgIpc) is 2.76. The summed E-state index contributed by atoms with van der Waals surface area (Å²) in [6.45, 7) is 3.46. The van der Waals surface area contributed by atoms with Gasteiger partial charge in [0.05, 0.1) is 0 Å². The second-order valence-corrected chi connectivity index (χ2v) is 6.61. The molecule has 1 fully saturated rings. The van der Waals surface area contributed by atoms with Crippen molar-refractivity contribution in [2.45, 2.75) is 0 Å². The minimum absolute atomic E-state index is 0. The number of amides is 1. The standard InChI is InChI=1S/C22H22N4O3.ClH/c23-21(27)19-10-11-20(26-14-12-24-13-15-26)25-22(19)29-18-8-6-17(7-9-18)28-16-4-2-1-3-5-16;/h1-11,24H,12-15H2,(H2,23,27);1H. The van der Waals surface area contributed by atoms with E-state index in [1.54, 1.807) is 36.4 Å². The molecule has 2 heterocycles. The number of halogens is 1. The number of carbonyl (C=O) groups excluding carboxylic acids is 1. The van der Waals surface area contributed by atoms with Crippen LogP contribution in [0.15, 0.2) is 66.7 Å². The molecule has 2 aromatic carbocycles. The molecule has 8 heteroatoms. The highest BCUT2D eigenvalue weighted by atomic mass is 35.5. The van der Waals surface area contributed by atoms with Crippen LogP contribution in [0, 0.1) is 0 Å². The van der Waals surface area contributed by atoms with Gasteiger partial charge in [0.25, 0.3) is 5.91 Å². The summed E-state index contributed by atoms with van der Waals surface area (Å²) in [6, 6.07) is 20.1. The molecule has 1 aliphatic rings. The maximum atomic E-state index is 11.8. The summed E-state index contributed by atoms with van der Waals surface area (Å²) in [5.74, 6) is 2.35. The lowest BCUT2D eigenvalue weighted by Gasteiger charge is -2.28. The third-order valence-corrected chi connectivity index (χ3v) is 4.57. The van der Waals surface area contributed by atoms with Crippen LogP contribution in [-0.4, -0.2) is 37.1 Å². The van der Waals surface area contributed by atoms with Gasteiger partial charge in [-0.15, -0.1) is 12.4 Å². The number of anilines is 1. The number of hydrogen-bond donors (Lipinski definition) is 2. The first-order chi connectivity index (χ1) is 14.2. The number of nitrogens with two attached hydrogens (primary N) is 1. The second-order valence-electron chi connectivity index (χ2n) is 6.61. The number of carbonyl (C=O) groups is 1. The van der Waals surface area contributed by atoms with Crippen molar-refractivity contribution >= 4 is 24.1 Å². The fourth-order valence-electron chi connectivity index (χ4n) is 3.08. The van der Waals surface area contributed by atoms with E-state index >= 15 is 0 Å². The molecule has 30 heavy (non-hydrogen) atoms. The van der Waals surface area contributed by atoms with Gasteiger partial charge in [-0.05, 0) is 48.5 Å². The number of primary amides is 1. The summed E-state index contributed by atoms with van der Waals surface area (Å²) in [5.41, 5.74) is 5.75. The zero-order chi connectivity index (χ0) is 20.1. The Kier molecular flexibility index (Phi) is 7.11. The van der Waals surface area contributed by atoms with Crippen LogP contribution < -0.4 is 25.4 Å². The molecule has 3 aromatic rings. The molecule has 3 N–H and O–H groups in total. The van der Waals surface area contributed by atoms with Gasteiger partial charge >= 0.3 is 0 Å². The van der Waals surface area contributed by atoms with Gasteiger partial charge in [-0.2, -0.15) is 4.98 Å². The van der Waals surface area contributed by atoms with Crippen molar-refractivity contribution in [2.75, 3.05) is 31.1 Å². The Morgan fingerprint density at radius 1 is 0.867 bits per heavy atom. The molecule has 1 aromatic heterocycles. The lowest BCUT2D eigenvalue weighted by atomic mass is 10.2. The van der Waals surface area contributed by atoms with E-state index in [0.29, 0.717) is 11.5 Å². The SMILES string of the molecule is Cl.NC(=O)c1ccc(N2CCNCC2)nc1Oc1ccc(Oc2ccccc2)cc1. The van der Waals surface area contributed by atoms with Crippen LogP contribution in [0.3, 0.4) is 0 Å². The van der Waals surface area contributed by atoms with Gasteiger partial charge in [0.2, 0.25) is 5.88 Å². The van der Waals surface area contributed by atoms with E-state index in [9.17, 15) is 4.79 Å². The fourth-order valence-corrected chi connectivity index (χ4v) is 3.08. The van der Waals surface area contributed by atoms with Crippen LogP contribution in [0.1, 0.15) is 10.4 Å². The summed E-state index contributed by atoms with van der Waals surface area (Å²) >= 11 is 0. The number of ether oxygens (including phenoxy) is 2. The van der Waals surface area contributed by atoms with E-state index in [1.807, 2.05) is 30.3 Å². The summed E-state index contributed by atoms with van der Waals surface area (Å²) in [4.78, 5) is 18.5. The van der Waals surface area contributed by atoms with E-state index in [2.05, 4.69) is 15.2 Å². The van der Waals surface area contributed by atoms with Gasteiger partial charge in [-0.25, -0.2) is 0 Å². The number of nitrogens with zero attached hydrogens (tertiary/aromatic N) is 2. The predicted molar refractivity (Wildman–Crippen MR) is 118 cm³/mol. The monoisotopic (exact) mass is 426 g/mol. The minimum atomic E-state index is -0.580. The van der Waals surface area contributed by atoms with Crippen LogP contribution in [0.25, 0.3) is 0 Å². The summed E-state index contributed by atoms with van der Waals surface area (Å²) in [5, 5.41) is 3.30. The molecule has 0 aliphatic carbocycles. The van der Waals surface area contributed by atoms with Crippen molar-refractivity contribution in [3.05, 3.63) is 72.3 Å². The number of para-hydroxylation sites is 1.